The van der Waals surface area contributed by atoms with Gasteiger partial charge in [-0.05, 0) is 30.7 Å². The van der Waals surface area contributed by atoms with Gasteiger partial charge in [0.2, 0.25) is 0 Å². The molecule has 0 spiro atoms. The molecule has 0 saturated heterocycles. The molecule has 0 saturated carbocycles. The lowest BCUT2D eigenvalue weighted by Gasteiger charge is -2.10. The molecule has 3 heteroatoms. The SMILES string of the molecule is Cc1ncnc2ccc(-c3cccnc3-c3ccccc3)cc12. The molecular weight excluding hydrogens is 282 g/mol. The third kappa shape index (κ3) is 2.46. The number of hydrogen-bond acceptors (Lipinski definition) is 3. The van der Waals surface area contributed by atoms with Crippen molar-refractivity contribution in [2.75, 3.05) is 0 Å². The highest BCUT2D eigenvalue weighted by Crippen LogP contribution is 2.31. The van der Waals surface area contributed by atoms with E-state index in [2.05, 4.69) is 45.3 Å². The summed E-state index contributed by atoms with van der Waals surface area (Å²) in [4.78, 5) is 13.2. The third-order valence-corrected chi connectivity index (χ3v) is 4.00. The fourth-order valence-electron chi connectivity index (χ4n) is 2.82. The lowest BCUT2D eigenvalue weighted by Crippen LogP contribution is -1.91. The summed E-state index contributed by atoms with van der Waals surface area (Å²) in [5, 5.41) is 1.08. The number of fused-ring (bicyclic) bond motifs is 1. The van der Waals surface area contributed by atoms with Gasteiger partial charge in [0, 0.05) is 28.4 Å². The predicted molar refractivity (Wildman–Crippen MR) is 92.9 cm³/mol. The van der Waals surface area contributed by atoms with Gasteiger partial charge < -0.3 is 0 Å². The topological polar surface area (TPSA) is 38.7 Å². The van der Waals surface area contributed by atoms with Gasteiger partial charge in [0.25, 0.3) is 0 Å². The first-order valence-corrected chi connectivity index (χ1v) is 7.55. The number of aromatic nitrogens is 3. The molecule has 110 valence electrons. The van der Waals surface area contributed by atoms with Crippen LogP contribution < -0.4 is 0 Å². The van der Waals surface area contributed by atoms with E-state index in [9.17, 15) is 0 Å². The van der Waals surface area contributed by atoms with Crippen LogP contribution in [-0.2, 0) is 0 Å². The average molecular weight is 297 g/mol. The Morgan fingerprint density at radius 2 is 1.61 bits per heavy atom. The summed E-state index contributed by atoms with van der Waals surface area (Å²) in [6.07, 6.45) is 3.44. The molecule has 0 bridgehead atoms. The highest BCUT2D eigenvalue weighted by atomic mass is 14.8. The van der Waals surface area contributed by atoms with Gasteiger partial charge in [-0.25, -0.2) is 9.97 Å². The first-order valence-electron chi connectivity index (χ1n) is 7.55. The first kappa shape index (κ1) is 13.6. The Morgan fingerprint density at radius 1 is 0.739 bits per heavy atom. The van der Waals surface area contributed by atoms with Crippen LogP contribution in [0.5, 0.6) is 0 Å². The first-order chi connectivity index (χ1) is 11.3. The zero-order valence-electron chi connectivity index (χ0n) is 12.8. The lowest BCUT2D eigenvalue weighted by molar-refractivity contribution is 1.15. The van der Waals surface area contributed by atoms with E-state index in [1.54, 1.807) is 6.33 Å². The van der Waals surface area contributed by atoms with Crippen molar-refractivity contribution in [3.8, 4) is 22.4 Å². The fraction of sp³-hybridized carbons (Fsp3) is 0.0500. The zero-order valence-corrected chi connectivity index (χ0v) is 12.8. The Balaban J connectivity index is 1.94. The van der Waals surface area contributed by atoms with Crippen LogP contribution in [0.2, 0.25) is 0 Å². The maximum atomic E-state index is 4.60. The maximum absolute atomic E-state index is 4.60. The van der Waals surface area contributed by atoms with E-state index >= 15 is 0 Å². The second kappa shape index (κ2) is 5.61. The second-order valence-electron chi connectivity index (χ2n) is 5.46. The predicted octanol–water partition coefficient (Wildman–Crippen LogP) is 4.67. The quantitative estimate of drug-likeness (QED) is 0.540. The summed E-state index contributed by atoms with van der Waals surface area (Å²) < 4.78 is 0. The summed E-state index contributed by atoms with van der Waals surface area (Å²) in [6.45, 7) is 2.01. The van der Waals surface area contributed by atoms with Crippen LogP contribution in [0.15, 0.2) is 73.2 Å². The van der Waals surface area contributed by atoms with Gasteiger partial charge in [0.05, 0.1) is 11.2 Å². The monoisotopic (exact) mass is 297 g/mol. The van der Waals surface area contributed by atoms with Crippen LogP contribution >= 0.6 is 0 Å². The van der Waals surface area contributed by atoms with Gasteiger partial charge in [-0.1, -0.05) is 42.5 Å². The molecule has 0 aliphatic carbocycles. The van der Waals surface area contributed by atoms with E-state index in [1.807, 2.05) is 43.5 Å². The van der Waals surface area contributed by atoms with Gasteiger partial charge in [-0.2, -0.15) is 0 Å². The van der Waals surface area contributed by atoms with E-state index in [0.29, 0.717) is 0 Å². The van der Waals surface area contributed by atoms with Crippen molar-refractivity contribution < 1.29 is 0 Å². The number of hydrogen-bond donors (Lipinski definition) is 0. The molecule has 0 N–H and O–H groups in total. The van der Waals surface area contributed by atoms with E-state index in [4.69, 9.17) is 0 Å². The summed E-state index contributed by atoms with van der Waals surface area (Å²) in [5.74, 6) is 0. The molecule has 0 aliphatic rings. The van der Waals surface area contributed by atoms with Crippen molar-refractivity contribution in [1.82, 2.24) is 15.0 Å². The number of nitrogens with zero attached hydrogens (tertiary/aromatic N) is 3. The number of aryl methyl sites for hydroxylation is 1. The fourth-order valence-corrected chi connectivity index (χ4v) is 2.82. The van der Waals surface area contributed by atoms with Gasteiger partial charge in [-0.3, -0.25) is 4.98 Å². The highest BCUT2D eigenvalue weighted by molar-refractivity contribution is 5.89. The molecule has 0 unspecified atom stereocenters. The van der Waals surface area contributed by atoms with E-state index < -0.39 is 0 Å². The van der Waals surface area contributed by atoms with Crippen LogP contribution in [0.1, 0.15) is 5.69 Å². The van der Waals surface area contributed by atoms with Gasteiger partial charge in [-0.15, -0.1) is 0 Å². The molecule has 0 fully saturated rings. The van der Waals surface area contributed by atoms with Crippen molar-refractivity contribution in [1.29, 1.82) is 0 Å². The summed E-state index contributed by atoms with van der Waals surface area (Å²) in [5.41, 5.74) is 6.30. The normalized spacial score (nSPS) is 10.8. The Morgan fingerprint density at radius 3 is 2.48 bits per heavy atom. The molecule has 4 aromatic rings. The summed E-state index contributed by atoms with van der Waals surface area (Å²) >= 11 is 0. The molecule has 0 radical (unpaired) electrons. The Hall–Kier alpha value is -3.07. The van der Waals surface area contributed by atoms with Crippen molar-refractivity contribution in [2.45, 2.75) is 6.92 Å². The molecule has 0 atom stereocenters. The molecule has 2 aromatic carbocycles. The van der Waals surface area contributed by atoms with Crippen molar-refractivity contribution in [2.24, 2.45) is 0 Å². The standard InChI is InChI=1S/C20H15N3/c1-14-18-12-16(9-10-19(18)23-13-22-14)17-8-5-11-21-20(17)15-6-3-2-4-7-15/h2-13H,1H3. The maximum Gasteiger partial charge on any atom is 0.116 e. The lowest BCUT2D eigenvalue weighted by atomic mass is 9.98. The van der Waals surface area contributed by atoms with Crippen LogP contribution in [0.4, 0.5) is 0 Å². The molecule has 2 aromatic heterocycles. The molecule has 23 heavy (non-hydrogen) atoms. The minimum absolute atomic E-state index is 0.964. The van der Waals surface area contributed by atoms with Crippen LogP contribution in [0.25, 0.3) is 33.3 Å². The van der Waals surface area contributed by atoms with E-state index in [0.717, 1.165) is 39.0 Å². The molecule has 3 nitrogen and oxygen atoms in total. The van der Waals surface area contributed by atoms with Crippen LogP contribution in [-0.4, -0.2) is 15.0 Å². The number of rotatable bonds is 2. The zero-order chi connectivity index (χ0) is 15.6. The van der Waals surface area contributed by atoms with Gasteiger partial charge in [0.15, 0.2) is 0 Å². The number of pyridine rings is 1. The smallest absolute Gasteiger partial charge is 0.116 e. The Bertz CT molecular complexity index is 978. The minimum Gasteiger partial charge on any atom is -0.256 e. The van der Waals surface area contributed by atoms with Crippen LogP contribution in [0, 0.1) is 6.92 Å². The third-order valence-electron chi connectivity index (χ3n) is 4.00. The van der Waals surface area contributed by atoms with Crippen molar-refractivity contribution in [3.05, 3.63) is 78.9 Å². The minimum atomic E-state index is 0.964. The molecule has 0 aliphatic heterocycles. The summed E-state index contributed by atoms with van der Waals surface area (Å²) in [6, 6.07) is 20.6. The Kier molecular flexibility index (Phi) is 3.31. The Labute approximate surface area is 134 Å². The molecular formula is C20H15N3. The molecule has 2 heterocycles. The average Bonchev–Trinajstić information content (AvgIpc) is 2.63. The summed E-state index contributed by atoms with van der Waals surface area (Å²) in [7, 11) is 0. The van der Waals surface area contributed by atoms with Crippen molar-refractivity contribution in [3.63, 3.8) is 0 Å². The van der Waals surface area contributed by atoms with E-state index in [1.165, 1.54) is 0 Å². The highest BCUT2D eigenvalue weighted by Gasteiger charge is 2.09. The van der Waals surface area contributed by atoms with Crippen LogP contribution in [0.3, 0.4) is 0 Å². The van der Waals surface area contributed by atoms with E-state index in [-0.39, 0.29) is 0 Å². The second-order valence-corrected chi connectivity index (χ2v) is 5.46. The molecule has 0 amide bonds. The van der Waals surface area contributed by atoms with Crippen molar-refractivity contribution >= 4 is 10.9 Å². The number of benzene rings is 2. The van der Waals surface area contributed by atoms with Gasteiger partial charge >= 0.3 is 0 Å². The largest absolute Gasteiger partial charge is 0.256 e. The van der Waals surface area contributed by atoms with Gasteiger partial charge in [0.1, 0.15) is 6.33 Å². The molecule has 4 rings (SSSR count).